The van der Waals surface area contributed by atoms with Crippen LogP contribution in [0.4, 0.5) is 17.2 Å². The molecule has 5 nitrogen and oxygen atoms in total. The Morgan fingerprint density at radius 2 is 1.95 bits per heavy atom. The van der Waals surface area contributed by atoms with E-state index in [2.05, 4.69) is 10.3 Å². The predicted molar refractivity (Wildman–Crippen MR) is 82.4 cm³/mol. The van der Waals surface area contributed by atoms with Crippen LogP contribution < -0.4 is 16.0 Å². The molecule has 0 saturated heterocycles. The summed E-state index contributed by atoms with van der Waals surface area (Å²) >= 11 is 5.94. The van der Waals surface area contributed by atoms with Crippen LogP contribution in [0.15, 0.2) is 36.5 Å². The summed E-state index contributed by atoms with van der Waals surface area (Å²) < 4.78 is 0. The van der Waals surface area contributed by atoms with Crippen LogP contribution >= 0.6 is 11.6 Å². The normalized spacial score (nSPS) is 10.2. The average Bonchev–Trinajstić information content (AvgIpc) is 2.42. The Bertz CT molecular complexity index is 626. The number of hydrogen-bond donors (Lipinski definition) is 2. The van der Waals surface area contributed by atoms with Gasteiger partial charge in [-0.2, -0.15) is 0 Å². The average molecular weight is 291 g/mol. The molecule has 0 atom stereocenters. The maximum Gasteiger partial charge on any atom is 0.257 e. The van der Waals surface area contributed by atoms with E-state index in [0.29, 0.717) is 11.3 Å². The molecule has 0 radical (unpaired) electrons. The maximum atomic E-state index is 12.1. The van der Waals surface area contributed by atoms with Gasteiger partial charge in [-0.15, -0.1) is 0 Å². The van der Waals surface area contributed by atoms with Crippen LogP contribution in [0.25, 0.3) is 0 Å². The third-order valence-corrected chi connectivity index (χ3v) is 3.06. The lowest BCUT2D eigenvalue weighted by Crippen LogP contribution is -2.13. The second-order valence-electron chi connectivity index (χ2n) is 4.48. The number of rotatable bonds is 3. The van der Waals surface area contributed by atoms with Crippen LogP contribution in [0.5, 0.6) is 0 Å². The van der Waals surface area contributed by atoms with Gasteiger partial charge in [-0.05, 0) is 30.3 Å². The Kier molecular flexibility index (Phi) is 4.10. The highest BCUT2D eigenvalue weighted by atomic mass is 35.5. The first kappa shape index (κ1) is 14.1. The number of nitrogens with two attached hydrogens (primary N) is 1. The number of carbonyl (C=O) groups excluding carboxylic acids is 1. The quantitative estimate of drug-likeness (QED) is 0.911. The molecule has 0 aliphatic heterocycles. The standard InChI is InChI=1S/C14H15ClN4O/c1-19(2)10-5-3-9(4-6-10)18-14(20)11-7-13(16)17-8-12(11)15/h3-8H,1-2H3,(H2,16,17)(H,18,20). The van der Waals surface area contributed by atoms with Crippen molar-refractivity contribution in [3.8, 4) is 0 Å². The number of hydrogen-bond acceptors (Lipinski definition) is 4. The Morgan fingerprint density at radius 1 is 1.30 bits per heavy atom. The second kappa shape index (κ2) is 5.79. The third-order valence-electron chi connectivity index (χ3n) is 2.76. The van der Waals surface area contributed by atoms with Gasteiger partial charge in [0.05, 0.1) is 10.6 Å². The van der Waals surface area contributed by atoms with E-state index in [0.717, 1.165) is 5.69 Å². The lowest BCUT2D eigenvalue weighted by atomic mass is 10.2. The molecule has 2 rings (SSSR count). The van der Waals surface area contributed by atoms with Crippen molar-refractivity contribution in [2.45, 2.75) is 0 Å². The zero-order valence-corrected chi connectivity index (χ0v) is 12.0. The molecule has 6 heteroatoms. The largest absolute Gasteiger partial charge is 0.384 e. The summed E-state index contributed by atoms with van der Waals surface area (Å²) in [6.07, 6.45) is 1.36. The highest BCUT2D eigenvalue weighted by Gasteiger charge is 2.11. The van der Waals surface area contributed by atoms with Gasteiger partial charge in [0.1, 0.15) is 5.82 Å². The third kappa shape index (κ3) is 3.19. The maximum absolute atomic E-state index is 12.1. The molecule has 3 N–H and O–H groups in total. The molecule has 0 bridgehead atoms. The number of halogens is 1. The monoisotopic (exact) mass is 290 g/mol. The van der Waals surface area contributed by atoms with E-state index in [1.807, 2.05) is 43.3 Å². The molecule has 0 unspecified atom stereocenters. The van der Waals surface area contributed by atoms with Crippen LogP contribution in [0.1, 0.15) is 10.4 Å². The number of nitrogens with zero attached hydrogens (tertiary/aromatic N) is 2. The van der Waals surface area contributed by atoms with Gasteiger partial charge in [-0.1, -0.05) is 11.6 Å². The Hall–Kier alpha value is -2.27. The second-order valence-corrected chi connectivity index (χ2v) is 4.89. The number of amides is 1. The smallest absolute Gasteiger partial charge is 0.257 e. The van der Waals surface area contributed by atoms with Gasteiger partial charge in [0.15, 0.2) is 0 Å². The fourth-order valence-electron chi connectivity index (χ4n) is 1.67. The summed E-state index contributed by atoms with van der Waals surface area (Å²) in [5, 5.41) is 3.03. The molecule has 2 aromatic rings. The number of nitrogens with one attached hydrogen (secondary N) is 1. The van der Waals surface area contributed by atoms with Gasteiger partial charge in [0, 0.05) is 31.7 Å². The fraction of sp³-hybridized carbons (Fsp3) is 0.143. The Labute approximate surface area is 122 Å². The molecule has 1 heterocycles. The molecule has 20 heavy (non-hydrogen) atoms. The van der Waals surface area contributed by atoms with Gasteiger partial charge in [-0.25, -0.2) is 4.98 Å². The van der Waals surface area contributed by atoms with Gasteiger partial charge in [-0.3, -0.25) is 4.79 Å². The molecule has 1 aromatic heterocycles. The van der Waals surface area contributed by atoms with Crippen molar-refractivity contribution in [3.63, 3.8) is 0 Å². The molecule has 0 spiro atoms. The first-order valence-corrected chi connectivity index (χ1v) is 6.35. The van der Waals surface area contributed by atoms with E-state index in [-0.39, 0.29) is 16.7 Å². The van der Waals surface area contributed by atoms with Crippen molar-refractivity contribution in [3.05, 3.63) is 47.1 Å². The summed E-state index contributed by atoms with van der Waals surface area (Å²) in [6, 6.07) is 8.93. The van der Waals surface area contributed by atoms with Crippen LogP contribution in [0.2, 0.25) is 5.02 Å². The van der Waals surface area contributed by atoms with E-state index < -0.39 is 0 Å². The zero-order valence-electron chi connectivity index (χ0n) is 11.2. The van der Waals surface area contributed by atoms with E-state index >= 15 is 0 Å². The van der Waals surface area contributed by atoms with Crippen molar-refractivity contribution in [1.29, 1.82) is 0 Å². The van der Waals surface area contributed by atoms with E-state index in [4.69, 9.17) is 17.3 Å². The highest BCUT2D eigenvalue weighted by molar-refractivity contribution is 6.34. The molecular weight excluding hydrogens is 276 g/mol. The first-order chi connectivity index (χ1) is 9.47. The van der Waals surface area contributed by atoms with Gasteiger partial charge in [0.25, 0.3) is 5.91 Å². The van der Waals surface area contributed by atoms with Crippen molar-refractivity contribution >= 4 is 34.7 Å². The number of carbonyl (C=O) groups is 1. The molecule has 0 aliphatic rings. The number of anilines is 3. The van der Waals surface area contributed by atoms with Crippen molar-refractivity contribution in [2.75, 3.05) is 30.0 Å². The summed E-state index contributed by atoms with van der Waals surface area (Å²) in [5.74, 6) is -0.0655. The number of nitrogen functional groups attached to an aromatic ring is 1. The van der Waals surface area contributed by atoms with Crippen LogP contribution in [-0.4, -0.2) is 25.0 Å². The minimum Gasteiger partial charge on any atom is -0.384 e. The molecule has 1 amide bonds. The van der Waals surface area contributed by atoms with Crippen molar-refractivity contribution < 1.29 is 4.79 Å². The molecule has 0 fully saturated rings. The predicted octanol–water partition coefficient (Wildman–Crippen LogP) is 2.64. The lowest BCUT2D eigenvalue weighted by molar-refractivity contribution is 0.102. The number of pyridine rings is 1. The fourth-order valence-corrected chi connectivity index (χ4v) is 1.86. The SMILES string of the molecule is CN(C)c1ccc(NC(=O)c2cc(N)ncc2Cl)cc1. The Balaban J connectivity index is 2.17. The number of aromatic nitrogens is 1. The van der Waals surface area contributed by atoms with Crippen LogP contribution in [0, 0.1) is 0 Å². The van der Waals surface area contributed by atoms with E-state index in [1.54, 1.807) is 0 Å². The van der Waals surface area contributed by atoms with Gasteiger partial charge in [0.2, 0.25) is 0 Å². The molecular formula is C14H15ClN4O. The lowest BCUT2D eigenvalue weighted by Gasteiger charge is -2.13. The summed E-state index contributed by atoms with van der Waals surface area (Å²) in [7, 11) is 3.90. The summed E-state index contributed by atoms with van der Waals surface area (Å²) in [4.78, 5) is 17.9. The van der Waals surface area contributed by atoms with Gasteiger partial charge >= 0.3 is 0 Å². The van der Waals surface area contributed by atoms with Crippen LogP contribution in [-0.2, 0) is 0 Å². The first-order valence-electron chi connectivity index (χ1n) is 5.97. The van der Waals surface area contributed by atoms with E-state index in [9.17, 15) is 4.79 Å². The topological polar surface area (TPSA) is 71.2 Å². The minimum atomic E-state index is -0.318. The summed E-state index contributed by atoms with van der Waals surface area (Å²) in [6.45, 7) is 0. The van der Waals surface area contributed by atoms with Gasteiger partial charge < -0.3 is 16.0 Å². The summed E-state index contributed by atoms with van der Waals surface area (Å²) in [5.41, 5.74) is 7.60. The molecule has 1 aromatic carbocycles. The van der Waals surface area contributed by atoms with Crippen molar-refractivity contribution in [2.24, 2.45) is 0 Å². The molecule has 0 saturated carbocycles. The Morgan fingerprint density at radius 3 is 2.55 bits per heavy atom. The highest BCUT2D eigenvalue weighted by Crippen LogP contribution is 2.20. The van der Waals surface area contributed by atoms with Crippen molar-refractivity contribution in [1.82, 2.24) is 4.98 Å². The van der Waals surface area contributed by atoms with Crippen LogP contribution in [0.3, 0.4) is 0 Å². The molecule has 0 aliphatic carbocycles. The van der Waals surface area contributed by atoms with E-state index in [1.165, 1.54) is 12.3 Å². The number of benzene rings is 1. The minimum absolute atomic E-state index is 0.252. The zero-order chi connectivity index (χ0) is 14.7. The molecule has 104 valence electrons.